The summed E-state index contributed by atoms with van der Waals surface area (Å²) in [6.07, 6.45) is 0. The zero-order chi connectivity index (χ0) is 22.4. The molecule has 0 unspecified atom stereocenters. The van der Waals surface area contributed by atoms with Gasteiger partial charge in [-0.3, -0.25) is 9.59 Å². The molecule has 2 amide bonds. The number of likely N-dealkylation sites (N-methyl/N-ethyl adjacent to an activating group) is 1. The quantitative estimate of drug-likeness (QED) is 0.652. The number of amides is 2. The van der Waals surface area contributed by atoms with Crippen molar-refractivity contribution in [3.63, 3.8) is 0 Å². The number of carbonyl (C=O) groups excluding carboxylic acids is 2. The van der Waals surface area contributed by atoms with E-state index < -0.39 is 0 Å². The molecule has 0 saturated heterocycles. The zero-order valence-corrected chi connectivity index (χ0v) is 18.3. The zero-order valence-electron chi connectivity index (χ0n) is 18.3. The third-order valence-electron chi connectivity index (χ3n) is 4.65. The topological polar surface area (TPSA) is 86.3 Å². The molecular weight excluding hydrogens is 400 g/mol. The smallest absolute Gasteiger partial charge is 0.265 e. The molecule has 1 aliphatic heterocycles. The first-order chi connectivity index (χ1) is 15.0. The van der Waals surface area contributed by atoms with Gasteiger partial charge in [0, 0.05) is 23.9 Å². The van der Waals surface area contributed by atoms with E-state index in [2.05, 4.69) is 5.32 Å². The summed E-state index contributed by atoms with van der Waals surface area (Å²) < 4.78 is 22.6. The molecular formula is C23H28N2O6. The number of anilines is 2. The Morgan fingerprint density at radius 3 is 2.23 bits per heavy atom. The van der Waals surface area contributed by atoms with Crippen LogP contribution in [-0.4, -0.2) is 44.8 Å². The highest BCUT2D eigenvalue weighted by Crippen LogP contribution is 2.40. The average Bonchev–Trinajstić information content (AvgIpc) is 2.76. The molecule has 2 aromatic rings. The summed E-state index contributed by atoms with van der Waals surface area (Å²) in [4.78, 5) is 26.6. The van der Waals surface area contributed by atoms with Gasteiger partial charge in [0.25, 0.3) is 11.8 Å². The van der Waals surface area contributed by atoms with Crippen LogP contribution in [0.4, 0.5) is 11.4 Å². The molecule has 0 saturated carbocycles. The number of carbonyl (C=O) groups is 2. The molecule has 0 aliphatic carbocycles. The van der Waals surface area contributed by atoms with Crippen LogP contribution >= 0.6 is 0 Å². The van der Waals surface area contributed by atoms with Crippen LogP contribution in [0.15, 0.2) is 30.3 Å². The van der Waals surface area contributed by atoms with Crippen molar-refractivity contribution in [2.75, 3.05) is 43.2 Å². The predicted molar refractivity (Wildman–Crippen MR) is 118 cm³/mol. The summed E-state index contributed by atoms with van der Waals surface area (Å²) in [7, 11) is 0. The Kier molecular flexibility index (Phi) is 7.23. The molecule has 1 heterocycles. The number of hydrogen-bond donors (Lipinski definition) is 1. The molecule has 0 aromatic heterocycles. The number of fused-ring (bicyclic) bond motifs is 1. The lowest BCUT2D eigenvalue weighted by Gasteiger charge is -2.28. The molecule has 2 aromatic carbocycles. The van der Waals surface area contributed by atoms with E-state index in [1.54, 1.807) is 35.2 Å². The molecule has 0 fully saturated rings. The van der Waals surface area contributed by atoms with Crippen molar-refractivity contribution in [1.29, 1.82) is 0 Å². The fourth-order valence-electron chi connectivity index (χ4n) is 3.35. The van der Waals surface area contributed by atoms with Crippen molar-refractivity contribution in [2.24, 2.45) is 0 Å². The maximum atomic E-state index is 13.0. The van der Waals surface area contributed by atoms with Crippen LogP contribution in [0.25, 0.3) is 0 Å². The summed E-state index contributed by atoms with van der Waals surface area (Å²) in [5, 5.41) is 2.87. The average molecular weight is 428 g/mol. The molecule has 1 N–H and O–H groups in total. The number of rotatable bonds is 9. The second kappa shape index (κ2) is 10.1. The maximum Gasteiger partial charge on any atom is 0.265 e. The van der Waals surface area contributed by atoms with Crippen LogP contribution < -0.4 is 29.2 Å². The van der Waals surface area contributed by atoms with E-state index >= 15 is 0 Å². The van der Waals surface area contributed by atoms with Gasteiger partial charge in [-0.15, -0.1) is 0 Å². The normalized spacial score (nSPS) is 12.6. The van der Waals surface area contributed by atoms with Gasteiger partial charge in [0.05, 0.1) is 25.5 Å². The first-order valence-corrected chi connectivity index (χ1v) is 10.5. The standard InChI is InChI=1S/C23H28N2O6/c1-5-25-17-10-9-16(13-18(17)31-14-21(25)26)24-23(27)15-11-19(28-6-2)22(30-8-4)20(12-15)29-7-3/h9-13H,5-8,14H2,1-4H3,(H,24,27). The highest BCUT2D eigenvalue weighted by Gasteiger charge is 2.25. The highest BCUT2D eigenvalue weighted by molar-refractivity contribution is 6.06. The summed E-state index contributed by atoms with van der Waals surface area (Å²) in [6, 6.07) is 8.49. The predicted octanol–water partition coefficient (Wildman–Crippen LogP) is 3.88. The SMILES string of the molecule is CCOc1cc(C(=O)Nc2ccc3c(c2)OCC(=O)N3CC)cc(OCC)c1OCC. The Morgan fingerprint density at radius 2 is 1.65 bits per heavy atom. The van der Waals surface area contributed by atoms with Crippen molar-refractivity contribution in [1.82, 2.24) is 0 Å². The Balaban J connectivity index is 1.88. The van der Waals surface area contributed by atoms with Crippen molar-refractivity contribution in [2.45, 2.75) is 27.7 Å². The van der Waals surface area contributed by atoms with E-state index in [0.717, 1.165) is 0 Å². The summed E-state index contributed by atoms with van der Waals surface area (Å²) >= 11 is 0. The lowest BCUT2D eigenvalue weighted by molar-refractivity contribution is -0.121. The summed E-state index contributed by atoms with van der Waals surface area (Å²) in [6.45, 7) is 9.31. The second-order valence-electron chi connectivity index (χ2n) is 6.66. The minimum absolute atomic E-state index is 0.0213. The maximum absolute atomic E-state index is 13.0. The van der Waals surface area contributed by atoms with Gasteiger partial charge < -0.3 is 29.2 Å². The molecule has 0 bridgehead atoms. The van der Waals surface area contributed by atoms with Crippen LogP contribution in [0, 0.1) is 0 Å². The Bertz CT molecular complexity index is 932. The van der Waals surface area contributed by atoms with Gasteiger partial charge in [-0.25, -0.2) is 0 Å². The minimum atomic E-state index is -0.330. The third kappa shape index (κ3) is 4.84. The number of nitrogens with one attached hydrogen (secondary N) is 1. The molecule has 166 valence electrons. The van der Waals surface area contributed by atoms with Crippen LogP contribution in [0.3, 0.4) is 0 Å². The van der Waals surface area contributed by atoms with Crippen LogP contribution in [0.1, 0.15) is 38.1 Å². The molecule has 8 nitrogen and oxygen atoms in total. The van der Waals surface area contributed by atoms with E-state index in [0.29, 0.717) is 66.3 Å². The monoisotopic (exact) mass is 428 g/mol. The van der Waals surface area contributed by atoms with Crippen LogP contribution in [0.2, 0.25) is 0 Å². The van der Waals surface area contributed by atoms with Crippen molar-refractivity contribution < 1.29 is 28.5 Å². The molecule has 1 aliphatic rings. The van der Waals surface area contributed by atoms with Crippen molar-refractivity contribution >= 4 is 23.2 Å². The van der Waals surface area contributed by atoms with Gasteiger partial charge in [-0.2, -0.15) is 0 Å². The van der Waals surface area contributed by atoms with E-state index in [4.69, 9.17) is 18.9 Å². The number of hydrogen-bond acceptors (Lipinski definition) is 6. The number of nitrogens with zero attached hydrogens (tertiary/aromatic N) is 1. The van der Waals surface area contributed by atoms with Crippen LogP contribution in [-0.2, 0) is 4.79 Å². The molecule has 0 atom stereocenters. The second-order valence-corrected chi connectivity index (χ2v) is 6.66. The van der Waals surface area contributed by atoms with E-state index in [1.807, 2.05) is 27.7 Å². The Hall–Kier alpha value is -3.42. The van der Waals surface area contributed by atoms with Gasteiger partial charge in [0.2, 0.25) is 5.75 Å². The van der Waals surface area contributed by atoms with E-state index in [1.165, 1.54) is 0 Å². The fraction of sp³-hybridized carbons (Fsp3) is 0.391. The van der Waals surface area contributed by atoms with E-state index in [9.17, 15) is 9.59 Å². The lowest BCUT2D eigenvalue weighted by Crippen LogP contribution is -2.38. The van der Waals surface area contributed by atoms with Gasteiger partial charge in [-0.1, -0.05) is 0 Å². The first kappa shape index (κ1) is 22.3. The fourth-order valence-corrected chi connectivity index (χ4v) is 3.35. The Labute approximate surface area is 182 Å². The summed E-state index contributed by atoms with van der Waals surface area (Å²) in [5.41, 5.74) is 1.62. The van der Waals surface area contributed by atoms with Crippen molar-refractivity contribution in [3.8, 4) is 23.0 Å². The molecule has 3 rings (SSSR count). The van der Waals surface area contributed by atoms with E-state index in [-0.39, 0.29) is 18.4 Å². The minimum Gasteiger partial charge on any atom is -0.490 e. The van der Waals surface area contributed by atoms with Gasteiger partial charge in [-0.05, 0) is 52.0 Å². The highest BCUT2D eigenvalue weighted by atomic mass is 16.5. The first-order valence-electron chi connectivity index (χ1n) is 10.5. The largest absolute Gasteiger partial charge is 0.490 e. The number of ether oxygens (including phenoxy) is 4. The third-order valence-corrected chi connectivity index (χ3v) is 4.65. The lowest BCUT2D eigenvalue weighted by atomic mass is 10.1. The molecule has 8 heteroatoms. The summed E-state index contributed by atoms with van der Waals surface area (Å²) in [5.74, 6) is 1.51. The van der Waals surface area contributed by atoms with Crippen LogP contribution in [0.5, 0.6) is 23.0 Å². The van der Waals surface area contributed by atoms with Gasteiger partial charge in [0.15, 0.2) is 18.1 Å². The molecule has 31 heavy (non-hydrogen) atoms. The Morgan fingerprint density at radius 1 is 1.00 bits per heavy atom. The van der Waals surface area contributed by atoms with Crippen molar-refractivity contribution in [3.05, 3.63) is 35.9 Å². The number of benzene rings is 2. The van der Waals surface area contributed by atoms with Gasteiger partial charge in [0.1, 0.15) is 5.75 Å². The molecule has 0 radical (unpaired) electrons. The van der Waals surface area contributed by atoms with Gasteiger partial charge >= 0.3 is 0 Å². The molecule has 0 spiro atoms.